The van der Waals surface area contributed by atoms with Gasteiger partial charge in [0.25, 0.3) is 10.1 Å². The number of benzene rings is 1. The number of hydrogen-bond acceptors (Lipinski definition) is 4. The monoisotopic (exact) mass is 271 g/mol. The number of hydrogen-bond donors (Lipinski definition) is 1. The van der Waals surface area contributed by atoms with Gasteiger partial charge in [0.2, 0.25) is 0 Å². The van der Waals surface area contributed by atoms with Crippen molar-refractivity contribution in [2.24, 2.45) is 5.18 Å². The highest BCUT2D eigenvalue weighted by atomic mass is 32.2. The van der Waals surface area contributed by atoms with Crippen molar-refractivity contribution in [3.8, 4) is 0 Å². The van der Waals surface area contributed by atoms with Gasteiger partial charge in [-0.05, 0) is 37.0 Å². The van der Waals surface area contributed by atoms with Gasteiger partial charge in [0.1, 0.15) is 0 Å². The highest BCUT2D eigenvalue weighted by Gasteiger charge is 2.07. The lowest BCUT2D eigenvalue weighted by Crippen LogP contribution is -1.98. The zero-order chi connectivity index (χ0) is 13.4. The highest BCUT2D eigenvalue weighted by Crippen LogP contribution is 2.12. The summed E-state index contributed by atoms with van der Waals surface area (Å²) in [6.07, 6.45) is 4.68. The van der Waals surface area contributed by atoms with E-state index in [-0.39, 0.29) is 4.90 Å². The fourth-order valence-electron chi connectivity index (χ4n) is 1.69. The highest BCUT2D eigenvalue weighted by molar-refractivity contribution is 7.85. The van der Waals surface area contributed by atoms with E-state index in [1.807, 2.05) is 0 Å². The second-order valence-electron chi connectivity index (χ2n) is 4.14. The zero-order valence-electron chi connectivity index (χ0n) is 10.1. The van der Waals surface area contributed by atoms with Crippen LogP contribution >= 0.6 is 0 Å². The first-order chi connectivity index (χ1) is 8.54. The Kier molecular flexibility index (Phi) is 5.94. The molecule has 1 aromatic rings. The quantitative estimate of drug-likeness (QED) is 0.447. The van der Waals surface area contributed by atoms with E-state index in [0.29, 0.717) is 6.54 Å². The minimum Gasteiger partial charge on any atom is -0.282 e. The fourth-order valence-corrected chi connectivity index (χ4v) is 2.17. The van der Waals surface area contributed by atoms with Crippen LogP contribution in [0.25, 0.3) is 0 Å². The molecule has 0 aliphatic rings. The number of aryl methyl sites for hydroxylation is 1. The van der Waals surface area contributed by atoms with Gasteiger partial charge in [-0.3, -0.25) is 4.55 Å². The summed E-state index contributed by atoms with van der Waals surface area (Å²) in [4.78, 5) is 9.77. The lowest BCUT2D eigenvalue weighted by molar-refractivity contribution is 0.483. The third-order valence-electron chi connectivity index (χ3n) is 2.69. The molecule has 100 valence electrons. The van der Waals surface area contributed by atoms with Crippen LogP contribution in [0.1, 0.15) is 31.2 Å². The molecule has 0 fully saturated rings. The van der Waals surface area contributed by atoms with Gasteiger partial charge < -0.3 is 0 Å². The van der Waals surface area contributed by atoms with Gasteiger partial charge in [-0.1, -0.05) is 30.2 Å². The van der Waals surface area contributed by atoms with E-state index in [1.165, 1.54) is 12.1 Å². The topological polar surface area (TPSA) is 83.8 Å². The van der Waals surface area contributed by atoms with Crippen molar-refractivity contribution >= 4 is 10.1 Å². The summed E-state index contributed by atoms with van der Waals surface area (Å²) in [6.45, 7) is 0.378. The molecule has 1 rings (SSSR count). The minimum atomic E-state index is -4.10. The first-order valence-electron chi connectivity index (χ1n) is 5.89. The smallest absolute Gasteiger partial charge is 0.282 e. The van der Waals surface area contributed by atoms with E-state index in [0.717, 1.165) is 37.7 Å². The molecule has 0 aliphatic heterocycles. The number of nitrogens with zero attached hydrogens (tertiary/aromatic N) is 1. The first kappa shape index (κ1) is 14.8. The van der Waals surface area contributed by atoms with E-state index >= 15 is 0 Å². The predicted octanol–water partition coefficient (Wildman–Crippen LogP) is 2.80. The summed E-state index contributed by atoms with van der Waals surface area (Å²) in [5.74, 6) is 0. The average Bonchev–Trinajstić information content (AvgIpc) is 2.33. The molecule has 0 bridgehead atoms. The third kappa shape index (κ3) is 5.37. The fraction of sp³-hybridized carbons (Fsp3) is 0.500. The van der Waals surface area contributed by atoms with Crippen LogP contribution in [0.15, 0.2) is 34.3 Å². The van der Waals surface area contributed by atoms with Gasteiger partial charge in [0, 0.05) is 0 Å². The maximum absolute atomic E-state index is 10.8. The molecule has 6 heteroatoms. The first-order valence-corrected chi connectivity index (χ1v) is 7.33. The zero-order valence-corrected chi connectivity index (χ0v) is 10.9. The Labute approximate surface area is 107 Å². The molecule has 5 nitrogen and oxygen atoms in total. The second-order valence-corrected chi connectivity index (χ2v) is 5.56. The molecule has 1 aromatic carbocycles. The van der Waals surface area contributed by atoms with Crippen LogP contribution in [0.4, 0.5) is 0 Å². The average molecular weight is 271 g/mol. The Morgan fingerprint density at radius 3 is 2.17 bits per heavy atom. The summed E-state index contributed by atoms with van der Waals surface area (Å²) in [5.41, 5.74) is 1.04. The van der Waals surface area contributed by atoms with Crippen LogP contribution in [0, 0.1) is 4.91 Å². The van der Waals surface area contributed by atoms with Crippen LogP contribution < -0.4 is 0 Å². The number of unbranched alkanes of at least 4 members (excludes halogenated alkanes) is 3. The Morgan fingerprint density at radius 1 is 1.00 bits per heavy atom. The Morgan fingerprint density at radius 2 is 1.61 bits per heavy atom. The molecule has 0 radical (unpaired) electrons. The van der Waals surface area contributed by atoms with Gasteiger partial charge >= 0.3 is 0 Å². The Balaban J connectivity index is 2.34. The maximum atomic E-state index is 10.8. The maximum Gasteiger partial charge on any atom is 0.294 e. The van der Waals surface area contributed by atoms with Gasteiger partial charge in [-0.2, -0.15) is 13.3 Å². The van der Waals surface area contributed by atoms with Crippen molar-refractivity contribution in [1.82, 2.24) is 0 Å². The molecule has 0 atom stereocenters. The van der Waals surface area contributed by atoms with Crippen molar-refractivity contribution in [2.45, 2.75) is 37.0 Å². The van der Waals surface area contributed by atoms with E-state index < -0.39 is 10.1 Å². The largest absolute Gasteiger partial charge is 0.294 e. The van der Waals surface area contributed by atoms with Crippen LogP contribution in [-0.4, -0.2) is 19.5 Å². The Hall–Kier alpha value is -1.27. The van der Waals surface area contributed by atoms with Gasteiger partial charge in [0.15, 0.2) is 0 Å². The van der Waals surface area contributed by atoms with Crippen molar-refractivity contribution in [1.29, 1.82) is 0 Å². The van der Waals surface area contributed by atoms with E-state index in [2.05, 4.69) is 5.18 Å². The lowest BCUT2D eigenvalue weighted by Gasteiger charge is -2.02. The molecule has 0 amide bonds. The molecule has 0 saturated heterocycles. The van der Waals surface area contributed by atoms with Crippen molar-refractivity contribution in [3.05, 3.63) is 34.7 Å². The van der Waals surface area contributed by atoms with Crippen LogP contribution in [-0.2, 0) is 16.5 Å². The van der Waals surface area contributed by atoms with Crippen molar-refractivity contribution in [2.75, 3.05) is 6.54 Å². The summed E-state index contributed by atoms with van der Waals surface area (Å²) in [5, 5.41) is 2.79. The number of rotatable bonds is 8. The molecule has 18 heavy (non-hydrogen) atoms. The third-order valence-corrected chi connectivity index (χ3v) is 3.55. The second kappa shape index (κ2) is 7.23. The molecule has 0 saturated carbocycles. The molecule has 0 aliphatic carbocycles. The molecule has 0 unspecified atom stereocenters. The normalized spacial score (nSPS) is 11.4. The van der Waals surface area contributed by atoms with Crippen molar-refractivity contribution in [3.63, 3.8) is 0 Å². The van der Waals surface area contributed by atoms with Gasteiger partial charge in [-0.15, -0.1) is 0 Å². The minimum absolute atomic E-state index is 0.0803. The molecule has 0 heterocycles. The van der Waals surface area contributed by atoms with E-state index in [1.54, 1.807) is 12.1 Å². The molecule has 0 spiro atoms. The van der Waals surface area contributed by atoms with Gasteiger partial charge in [0.05, 0.1) is 11.4 Å². The molecule has 1 N–H and O–H groups in total. The molecule has 0 aromatic heterocycles. The summed E-state index contributed by atoms with van der Waals surface area (Å²) in [7, 11) is -4.10. The SMILES string of the molecule is O=NCCCCCCc1ccc(S(=O)(=O)O)cc1. The van der Waals surface area contributed by atoms with Gasteiger partial charge in [-0.25, -0.2) is 0 Å². The summed E-state index contributed by atoms with van der Waals surface area (Å²) >= 11 is 0. The predicted molar refractivity (Wildman–Crippen MR) is 69.1 cm³/mol. The van der Waals surface area contributed by atoms with E-state index in [9.17, 15) is 13.3 Å². The standard InChI is InChI=1S/C12H17NO4S/c14-13-10-4-2-1-3-5-11-6-8-12(9-7-11)18(15,16)17/h6-9H,1-5,10H2,(H,15,16,17). The lowest BCUT2D eigenvalue weighted by atomic mass is 10.1. The van der Waals surface area contributed by atoms with E-state index in [4.69, 9.17) is 4.55 Å². The summed E-state index contributed by atoms with van der Waals surface area (Å²) < 4.78 is 30.5. The molecular weight excluding hydrogens is 254 g/mol. The van der Waals surface area contributed by atoms with Crippen LogP contribution in [0.3, 0.4) is 0 Å². The Bertz CT molecular complexity index is 467. The number of nitroso groups, excluding NO2 is 1. The summed E-state index contributed by atoms with van der Waals surface area (Å²) in [6, 6.07) is 6.22. The van der Waals surface area contributed by atoms with Crippen LogP contribution in [0.2, 0.25) is 0 Å². The molecular formula is C12H17NO4S. The van der Waals surface area contributed by atoms with Crippen LogP contribution in [0.5, 0.6) is 0 Å². The van der Waals surface area contributed by atoms with Crippen molar-refractivity contribution < 1.29 is 13.0 Å².